The largest absolute Gasteiger partial charge is 0.467 e. The van der Waals surface area contributed by atoms with Crippen molar-refractivity contribution in [2.24, 2.45) is 4.99 Å². The van der Waals surface area contributed by atoms with E-state index < -0.39 is 0 Å². The SMILES string of the molecule is CN=C(NCCc1cc(F)cc2c1OCOC2)N1CCC(N2CCOCC2)C1. The third kappa shape index (κ3) is 4.39. The summed E-state index contributed by atoms with van der Waals surface area (Å²) in [7, 11) is 1.81. The van der Waals surface area contributed by atoms with E-state index in [9.17, 15) is 4.39 Å². The van der Waals surface area contributed by atoms with Crippen LogP contribution in [0.3, 0.4) is 0 Å². The standard InChI is InChI=1S/C20H29FN4O3/c1-22-20(25-5-3-18(12-25)24-6-8-26-9-7-24)23-4-2-15-10-17(21)11-16-13-27-14-28-19(15)16/h10-11,18H,2-9,12-14H2,1H3,(H,22,23). The number of fused-ring (bicyclic) bond motifs is 1. The van der Waals surface area contributed by atoms with E-state index in [2.05, 4.69) is 20.1 Å². The van der Waals surface area contributed by atoms with Gasteiger partial charge < -0.3 is 24.4 Å². The van der Waals surface area contributed by atoms with Gasteiger partial charge in [-0.15, -0.1) is 0 Å². The molecule has 1 aromatic rings. The first-order valence-corrected chi connectivity index (χ1v) is 10.0. The van der Waals surface area contributed by atoms with Crippen molar-refractivity contribution in [3.05, 3.63) is 29.1 Å². The molecule has 28 heavy (non-hydrogen) atoms. The van der Waals surface area contributed by atoms with Gasteiger partial charge in [-0.05, 0) is 30.5 Å². The van der Waals surface area contributed by atoms with Crippen LogP contribution >= 0.6 is 0 Å². The molecule has 1 aromatic carbocycles. The van der Waals surface area contributed by atoms with Gasteiger partial charge in [0.2, 0.25) is 0 Å². The molecule has 1 atom stereocenters. The second-order valence-electron chi connectivity index (χ2n) is 7.42. The first kappa shape index (κ1) is 19.4. The van der Waals surface area contributed by atoms with Crippen LogP contribution in [0.1, 0.15) is 17.5 Å². The first-order chi connectivity index (χ1) is 13.7. The lowest BCUT2D eigenvalue weighted by molar-refractivity contribution is -0.0172. The molecule has 4 rings (SSSR count). The van der Waals surface area contributed by atoms with E-state index in [1.165, 1.54) is 6.07 Å². The molecule has 0 bridgehead atoms. The maximum absolute atomic E-state index is 13.9. The Morgan fingerprint density at radius 2 is 2.11 bits per heavy atom. The Morgan fingerprint density at radius 1 is 1.25 bits per heavy atom. The maximum atomic E-state index is 13.9. The maximum Gasteiger partial charge on any atom is 0.193 e. The summed E-state index contributed by atoms with van der Waals surface area (Å²) in [5.74, 6) is 1.42. The van der Waals surface area contributed by atoms with Crippen molar-refractivity contribution in [2.75, 3.05) is 59.8 Å². The molecular formula is C20H29FN4O3. The Bertz CT molecular complexity index is 709. The third-order valence-corrected chi connectivity index (χ3v) is 5.67. The molecular weight excluding hydrogens is 363 g/mol. The molecule has 1 unspecified atom stereocenters. The van der Waals surface area contributed by atoms with E-state index in [1.807, 2.05) is 7.05 Å². The van der Waals surface area contributed by atoms with Crippen LogP contribution in [0, 0.1) is 5.82 Å². The average Bonchev–Trinajstić information content (AvgIpc) is 3.21. The monoisotopic (exact) mass is 392 g/mol. The molecule has 0 spiro atoms. The predicted octanol–water partition coefficient (Wildman–Crippen LogP) is 1.22. The van der Waals surface area contributed by atoms with Gasteiger partial charge in [-0.2, -0.15) is 0 Å². The normalized spacial score (nSPS) is 23.4. The van der Waals surface area contributed by atoms with Gasteiger partial charge in [0.25, 0.3) is 0 Å². The van der Waals surface area contributed by atoms with Crippen LogP contribution < -0.4 is 10.1 Å². The fourth-order valence-corrected chi connectivity index (χ4v) is 4.26. The fourth-order valence-electron chi connectivity index (χ4n) is 4.26. The lowest BCUT2D eigenvalue weighted by atomic mass is 10.1. The van der Waals surface area contributed by atoms with Crippen molar-refractivity contribution in [1.29, 1.82) is 0 Å². The lowest BCUT2D eigenvalue weighted by Crippen LogP contribution is -2.46. The summed E-state index contributed by atoms with van der Waals surface area (Å²) in [5, 5.41) is 3.43. The molecule has 0 radical (unpaired) electrons. The summed E-state index contributed by atoms with van der Waals surface area (Å²) >= 11 is 0. The van der Waals surface area contributed by atoms with E-state index in [0.717, 1.165) is 68.6 Å². The van der Waals surface area contributed by atoms with Crippen molar-refractivity contribution in [1.82, 2.24) is 15.1 Å². The van der Waals surface area contributed by atoms with E-state index in [4.69, 9.17) is 14.2 Å². The smallest absolute Gasteiger partial charge is 0.193 e. The number of nitrogens with one attached hydrogen (secondary N) is 1. The number of rotatable bonds is 4. The number of aliphatic imine (C=N–C) groups is 1. The van der Waals surface area contributed by atoms with Gasteiger partial charge in [0, 0.05) is 51.4 Å². The average molecular weight is 392 g/mol. The number of hydrogen-bond acceptors (Lipinski definition) is 5. The Hall–Kier alpha value is -1.90. The molecule has 0 aliphatic carbocycles. The highest BCUT2D eigenvalue weighted by molar-refractivity contribution is 5.80. The van der Waals surface area contributed by atoms with Crippen LogP contribution in [-0.2, 0) is 22.5 Å². The van der Waals surface area contributed by atoms with Crippen LogP contribution in [0.4, 0.5) is 4.39 Å². The van der Waals surface area contributed by atoms with E-state index in [-0.39, 0.29) is 12.6 Å². The molecule has 1 N–H and O–H groups in total. The number of halogens is 1. The van der Waals surface area contributed by atoms with Crippen molar-refractivity contribution in [3.63, 3.8) is 0 Å². The minimum absolute atomic E-state index is 0.220. The first-order valence-electron chi connectivity index (χ1n) is 10.0. The van der Waals surface area contributed by atoms with Crippen LogP contribution in [0.15, 0.2) is 17.1 Å². The summed E-state index contributed by atoms with van der Waals surface area (Å²) in [6.07, 6.45) is 1.81. The molecule has 3 aliphatic rings. The molecule has 0 aromatic heterocycles. The topological polar surface area (TPSA) is 58.6 Å². The number of ether oxygens (including phenoxy) is 3. The van der Waals surface area contributed by atoms with Gasteiger partial charge in [-0.1, -0.05) is 0 Å². The van der Waals surface area contributed by atoms with Crippen molar-refractivity contribution in [3.8, 4) is 5.75 Å². The summed E-state index contributed by atoms with van der Waals surface area (Å²) in [6, 6.07) is 3.60. The zero-order valence-corrected chi connectivity index (χ0v) is 16.5. The third-order valence-electron chi connectivity index (χ3n) is 5.67. The van der Waals surface area contributed by atoms with Crippen molar-refractivity contribution < 1.29 is 18.6 Å². The number of hydrogen-bond donors (Lipinski definition) is 1. The van der Waals surface area contributed by atoms with Crippen LogP contribution in [-0.4, -0.2) is 81.6 Å². The number of likely N-dealkylation sites (tertiary alicyclic amines) is 1. The van der Waals surface area contributed by atoms with E-state index >= 15 is 0 Å². The number of guanidine groups is 1. The van der Waals surface area contributed by atoms with Crippen molar-refractivity contribution >= 4 is 5.96 Å². The quantitative estimate of drug-likeness (QED) is 0.614. The Balaban J connectivity index is 1.31. The summed E-state index contributed by atoms with van der Waals surface area (Å²) < 4.78 is 30.2. The van der Waals surface area contributed by atoms with Gasteiger partial charge in [0.15, 0.2) is 12.8 Å². The summed E-state index contributed by atoms with van der Waals surface area (Å²) in [4.78, 5) is 9.28. The van der Waals surface area contributed by atoms with Crippen LogP contribution in [0.25, 0.3) is 0 Å². The minimum Gasteiger partial charge on any atom is -0.467 e. The van der Waals surface area contributed by atoms with Gasteiger partial charge in [-0.25, -0.2) is 4.39 Å². The molecule has 3 heterocycles. The second-order valence-corrected chi connectivity index (χ2v) is 7.42. The highest BCUT2D eigenvalue weighted by Crippen LogP contribution is 2.29. The van der Waals surface area contributed by atoms with Gasteiger partial charge >= 0.3 is 0 Å². The number of benzene rings is 1. The second kappa shape index (κ2) is 9.07. The highest BCUT2D eigenvalue weighted by atomic mass is 19.1. The number of morpholine rings is 1. The van der Waals surface area contributed by atoms with Crippen LogP contribution in [0.5, 0.6) is 5.75 Å². The molecule has 154 valence electrons. The molecule has 8 heteroatoms. The summed E-state index contributed by atoms with van der Waals surface area (Å²) in [5.41, 5.74) is 1.65. The van der Waals surface area contributed by atoms with Crippen LogP contribution in [0.2, 0.25) is 0 Å². The van der Waals surface area contributed by atoms with Crippen molar-refractivity contribution in [2.45, 2.75) is 25.5 Å². The number of nitrogens with zero attached hydrogens (tertiary/aromatic N) is 3. The highest BCUT2D eigenvalue weighted by Gasteiger charge is 2.30. The van der Waals surface area contributed by atoms with Gasteiger partial charge in [0.05, 0.1) is 19.8 Å². The zero-order valence-electron chi connectivity index (χ0n) is 16.5. The summed E-state index contributed by atoms with van der Waals surface area (Å²) in [6.45, 7) is 6.95. The molecule has 2 fully saturated rings. The molecule has 0 saturated carbocycles. The molecule has 7 nitrogen and oxygen atoms in total. The fraction of sp³-hybridized carbons (Fsp3) is 0.650. The lowest BCUT2D eigenvalue weighted by Gasteiger charge is -2.32. The minimum atomic E-state index is -0.250. The predicted molar refractivity (Wildman–Crippen MR) is 104 cm³/mol. The van der Waals surface area contributed by atoms with Gasteiger partial charge in [-0.3, -0.25) is 9.89 Å². The van der Waals surface area contributed by atoms with E-state index in [1.54, 1.807) is 6.07 Å². The Kier molecular flexibility index (Phi) is 6.29. The molecule has 3 aliphatic heterocycles. The van der Waals surface area contributed by atoms with Gasteiger partial charge in [0.1, 0.15) is 11.6 Å². The Labute approximate surface area is 165 Å². The molecule has 2 saturated heterocycles. The zero-order chi connectivity index (χ0) is 19.3. The van der Waals surface area contributed by atoms with E-state index in [0.29, 0.717) is 25.6 Å². The molecule has 0 amide bonds. The Morgan fingerprint density at radius 3 is 2.93 bits per heavy atom.